The quantitative estimate of drug-likeness (QED) is 0.674. The normalized spacial score (nSPS) is 39.8. The van der Waals surface area contributed by atoms with Gasteiger partial charge in [0.05, 0.1) is 18.5 Å². The van der Waals surface area contributed by atoms with E-state index in [0.29, 0.717) is 0 Å². The van der Waals surface area contributed by atoms with Gasteiger partial charge in [-0.05, 0) is 37.2 Å². The molecule has 0 amide bonds. The number of hydrogen-bond acceptors (Lipinski definition) is 2. The zero-order valence-electron chi connectivity index (χ0n) is 8.25. The van der Waals surface area contributed by atoms with Crippen molar-refractivity contribution in [2.24, 2.45) is 5.92 Å². The summed E-state index contributed by atoms with van der Waals surface area (Å²) in [6, 6.07) is 0. The average Bonchev–Trinajstić information content (AvgIpc) is 2.63. The number of ether oxygens (including phenoxy) is 1. The van der Waals surface area contributed by atoms with Crippen LogP contribution in [0.15, 0.2) is 11.8 Å². The minimum absolute atomic E-state index is 0.525. The van der Waals surface area contributed by atoms with Crippen LogP contribution in [0.4, 0.5) is 0 Å². The Morgan fingerprint density at radius 3 is 2.69 bits per heavy atom. The van der Waals surface area contributed by atoms with Gasteiger partial charge in [0, 0.05) is 6.42 Å². The maximum atomic E-state index is 10.3. The van der Waals surface area contributed by atoms with Crippen LogP contribution in [0.3, 0.4) is 0 Å². The molecule has 0 atom stereocenters. The van der Waals surface area contributed by atoms with Crippen LogP contribution in [0.5, 0.6) is 0 Å². The standard InChI is InChI=1S/C11H18O2/c1-9-2-5-11(12,6-3-9)10-4-7-13-8-10/h8-9,12H,2-7H2,1H3. The topological polar surface area (TPSA) is 29.5 Å². The van der Waals surface area contributed by atoms with Crippen molar-refractivity contribution in [1.82, 2.24) is 0 Å². The summed E-state index contributed by atoms with van der Waals surface area (Å²) in [5.41, 5.74) is 0.600. The maximum absolute atomic E-state index is 10.3. The molecule has 1 heterocycles. The Morgan fingerprint density at radius 1 is 1.46 bits per heavy atom. The molecule has 1 aliphatic carbocycles. The summed E-state index contributed by atoms with van der Waals surface area (Å²) in [6.07, 6.45) is 6.83. The van der Waals surface area contributed by atoms with Gasteiger partial charge in [0.15, 0.2) is 0 Å². The maximum Gasteiger partial charge on any atom is 0.0912 e. The van der Waals surface area contributed by atoms with Crippen LogP contribution in [0.2, 0.25) is 0 Å². The van der Waals surface area contributed by atoms with Crippen LogP contribution in [-0.4, -0.2) is 17.3 Å². The van der Waals surface area contributed by atoms with Crippen LogP contribution in [0.25, 0.3) is 0 Å². The Bertz CT molecular complexity index is 212. The van der Waals surface area contributed by atoms with E-state index in [9.17, 15) is 5.11 Å². The summed E-state index contributed by atoms with van der Waals surface area (Å²) in [5.74, 6) is 0.781. The minimum Gasteiger partial charge on any atom is -0.501 e. The highest BCUT2D eigenvalue weighted by Gasteiger charge is 2.36. The van der Waals surface area contributed by atoms with Gasteiger partial charge in [-0.1, -0.05) is 6.92 Å². The van der Waals surface area contributed by atoms with Gasteiger partial charge < -0.3 is 9.84 Å². The largest absolute Gasteiger partial charge is 0.501 e. The first-order valence-corrected chi connectivity index (χ1v) is 5.24. The molecular formula is C11H18O2. The van der Waals surface area contributed by atoms with Crippen LogP contribution < -0.4 is 0 Å². The molecule has 0 aromatic carbocycles. The molecule has 1 aliphatic heterocycles. The third-order valence-corrected chi connectivity index (χ3v) is 3.41. The summed E-state index contributed by atoms with van der Waals surface area (Å²) in [5, 5.41) is 10.3. The van der Waals surface area contributed by atoms with Gasteiger partial charge in [0.1, 0.15) is 0 Å². The molecule has 2 nitrogen and oxygen atoms in total. The van der Waals surface area contributed by atoms with Crippen molar-refractivity contribution < 1.29 is 9.84 Å². The third-order valence-electron chi connectivity index (χ3n) is 3.41. The molecule has 2 heteroatoms. The second kappa shape index (κ2) is 3.33. The van der Waals surface area contributed by atoms with Gasteiger partial charge >= 0.3 is 0 Å². The van der Waals surface area contributed by atoms with E-state index in [-0.39, 0.29) is 0 Å². The van der Waals surface area contributed by atoms with E-state index >= 15 is 0 Å². The van der Waals surface area contributed by atoms with Crippen LogP contribution in [-0.2, 0) is 4.74 Å². The van der Waals surface area contributed by atoms with E-state index < -0.39 is 5.60 Å². The molecule has 0 aromatic heterocycles. The molecule has 1 fully saturated rings. The summed E-state index contributed by atoms with van der Waals surface area (Å²) < 4.78 is 5.18. The molecule has 13 heavy (non-hydrogen) atoms. The Kier molecular flexibility index (Phi) is 2.33. The van der Waals surface area contributed by atoms with E-state index in [1.165, 1.54) is 0 Å². The van der Waals surface area contributed by atoms with Gasteiger partial charge in [-0.25, -0.2) is 0 Å². The third kappa shape index (κ3) is 1.73. The average molecular weight is 182 g/mol. The molecule has 0 saturated heterocycles. The number of hydrogen-bond donors (Lipinski definition) is 1. The Balaban J connectivity index is 2.03. The molecule has 2 aliphatic rings. The summed E-state index contributed by atoms with van der Waals surface area (Å²) in [6.45, 7) is 3.02. The van der Waals surface area contributed by atoms with E-state index in [1.54, 1.807) is 6.26 Å². The minimum atomic E-state index is -0.525. The molecule has 74 valence electrons. The predicted octanol–water partition coefficient (Wildman–Crippen LogP) is 2.23. The zero-order valence-corrected chi connectivity index (χ0v) is 8.25. The Labute approximate surface area is 79.6 Å². The fourth-order valence-corrected chi connectivity index (χ4v) is 2.29. The first-order chi connectivity index (χ1) is 6.21. The van der Waals surface area contributed by atoms with E-state index in [1.807, 2.05) is 0 Å². The van der Waals surface area contributed by atoms with Crippen molar-refractivity contribution in [2.75, 3.05) is 6.61 Å². The van der Waals surface area contributed by atoms with Crippen molar-refractivity contribution in [3.05, 3.63) is 11.8 Å². The van der Waals surface area contributed by atoms with Crippen molar-refractivity contribution in [2.45, 2.75) is 44.6 Å². The molecule has 2 rings (SSSR count). The molecule has 1 N–H and O–H groups in total. The lowest BCUT2D eigenvalue weighted by Gasteiger charge is -2.35. The lowest BCUT2D eigenvalue weighted by Crippen LogP contribution is -2.35. The fraction of sp³-hybridized carbons (Fsp3) is 0.818. The lowest BCUT2D eigenvalue weighted by atomic mass is 9.75. The number of rotatable bonds is 1. The molecule has 1 saturated carbocycles. The van der Waals surface area contributed by atoms with Crippen molar-refractivity contribution in [3.63, 3.8) is 0 Å². The summed E-state index contributed by atoms with van der Waals surface area (Å²) in [7, 11) is 0. The second-order valence-electron chi connectivity index (χ2n) is 4.48. The van der Waals surface area contributed by atoms with Crippen molar-refractivity contribution in [1.29, 1.82) is 0 Å². The molecular weight excluding hydrogens is 164 g/mol. The number of aliphatic hydroxyl groups is 1. The van der Waals surface area contributed by atoms with Crippen molar-refractivity contribution >= 4 is 0 Å². The van der Waals surface area contributed by atoms with Crippen LogP contribution in [0.1, 0.15) is 39.0 Å². The lowest BCUT2D eigenvalue weighted by molar-refractivity contribution is 0.0251. The van der Waals surface area contributed by atoms with Gasteiger partial charge in [-0.2, -0.15) is 0 Å². The summed E-state index contributed by atoms with van der Waals surface area (Å²) >= 11 is 0. The smallest absolute Gasteiger partial charge is 0.0912 e. The predicted molar refractivity (Wildman–Crippen MR) is 51.2 cm³/mol. The molecule has 0 bridgehead atoms. The Hall–Kier alpha value is -0.500. The molecule has 0 unspecified atom stereocenters. The second-order valence-corrected chi connectivity index (χ2v) is 4.48. The fourth-order valence-electron chi connectivity index (χ4n) is 2.29. The van der Waals surface area contributed by atoms with Crippen LogP contribution in [0, 0.1) is 5.92 Å². The first-order valence-electron chi connectivity index (χ1n) is 5.24. The first kappa shape index (κ1) is 9.07. The monoisotopic (exact) mass is 182 g/mol. The summed E-state index contributed by atoms with van der Waals surface area (Å²) in [4.78, 5) is 0. The van der Waals surface area contributed by atoms with Gasteiger partial charge in [0.2, 0.25) is 0 Å². The van der Waals surface area contributed by atoms with E-state index in [4.69, 9.17) is 4.74 Å². The molecule has 0 radical (unpaired) electrons. The van der Waals surface area contributed by atoms with E-state index in [0.717, 1.165) is 50.2 Å². The molecule has 0 spiro atoms. The Morgan fingerprint density at radius 2 is 2.15 bits per heavy atom. The van der Waals surface area contributed by atoms with Gasteiger partial charge in [-0.3, -0.25) is 0 Å². The zero-order chi connectivity index (χ0) is 9.31. The van der Waals surface area contributed by atoms with Crippen molar-refractivity contribution in [3.8, 4) is 0 Å². The SMILES string of the molecule is CC1CCC(O)(C2=COCC2)CC1. The van der Waals surface area contributed by atoms with Gasteiger partial charge in [0.25, 0.3) is 0 Å². The van der Waals surface area contributed by atoms with Gasteiger partial charge in [-0.15, -0.1) is 0 Å². The molecule has 0 aromatic rings. The van der Waals surface area contributed by atoms with E-state index in [2.05, 4.69) is 6.92 Å². The highest BCUT2D eigenvalue weighted by Crippen LogP contribution is 2.39. The highest BCUT2D eigenvalue weighted by molar-refractivity contribution is 5.18. The highest BCUT2D eigenvalue weighted by atomic mass is 16.5. The van der Waals surface area contributed by atoms with Crippen LogP contribution >= 0.6 is 0 Å².